The molecule has 0 N–H and O–H groups in total. The lowest BCUT2D eigenvalue weighted by Gasteiger charge is -2.09. The van der Waals surface area contributed by atoms with E-state index in [1.807, 2.05) is 13.8 Å². The molecule has 0 rings (SSSR count). The van der Waals surface area contributed by atoms with Crippen molar-refractivity contribution in [3.8, 4) is 0 Å². The van der Waals surface area contributed by atoms with Crippen molar-refractivity contribution in [3.05, 3.63) is 6.92 Å². The molecule has 1 radical (unpaired) electrons. The van der Waals surface area contributed by atoms with Gasteiger partial charge in [-0.05, 0) is 20.3 Å². The molecular formula is C8H17O2. The quantitative estimate of drug-likeness (QED) is 0.529. The Morgan fingerprint density at radius 2 is 2.10 bits per heavy atom. The van der Waals surface area contributed by atoms with Gasteiger partial charge in [0.15, 0.2) is 0 Å². The Bertz CT molecular complexity index is 64.3. The molecule has 0 saturated carbocycles. The Morgan fingerprint density at radius 3 is 2.60 bits per heavy atom. The van der Waals surface area contributed by atoms with E-state index in [0.29, 0.717) is 13.2 Å². The summed E-state index contributed by atoms with van der Waals surface area (Å²) in [6, 6.07) is 0. The molecule has 10 heavy (non-hydrogen) atoms. The lowest BCUT2D eigenvalue weighted by molar-refractivity contribution is 0.0166. The Balaban J connectivity index is 2.89. The molecule has 61 valence electrons. The number of hydrogen-bond donors (Lipinski definition) is 0. The van der Waals surface area contributed by atoms with E-state index in [9.17, 15) is 0 Å². The van der Waals surface area contributed by atoms with E-state index in [-0.39, 0.29) is 6.10 Å². The molecule has 0 fully saturated rings. The van der Waals surface area contributed by atoms with Gasteiger partial charge in [0.1, 0.15) is 0 Å². The van der Waals surface area contributed by atoms with E-state index >= 15 is 0 Å². The van der Waals surface area contributed by atoms with Crippen LogP contribution in [0.2, 0.25) is 0 Å². The highest BCUT2D eigenvalue weighted by Crippen LogP contribution is 1.94. The molecule has 0 aromatic rings. The minimum absolute atomic E-state index is 0.264. The van der Waals surface area contributed by atoms with Crippen LogP contribution in [0, 0.1) is 6.92 Å². The van der Waals surface area contributed by atoms with Gasteiger partial charge >= 0.3 is 0 Å². The lowest BCUT2D eigenvalue weighted by Crippen LogP contribution is -2.11. The largest absolute Gasteiger partial charge is 0.379 e. The molecule has 0 aliphatic carbocycles. The molecule has 0 bridgehead atoms. The van der Waals surface area contributed by atoms with E-state index in [4.69, 9.17) is 9.47 Å². The molecule has 0 spiro atoms. The number of hydrogen-bond acceptors (Lipinski definition) is 2. The molecule has 2 heteroatoms. The van der Waals surface area contributed by atoms with Crippen LogP contribution in [-0.2, 0) is 9.47 Å². The van der Waals surface area contributed by atoms with Crippen LogP contribution in [0.4, 0.5) is 0 Å². The highest BCUT2D eigenvalue weighted by atomic mass is 16.5. The molecule has 1 unspecified atom stereocenters. The highest BCUT2D eigenvalue weighted by Gasteiger charge is 1.95. The summed E-state index contributed by atoms with van der Waals surface area (Å²) >= 11 is 0. The predicted molar refractivity (Wildman–Crippen MR) is 41.9 cm³/mol. The zero-order valence-corrected chi connectivity index (χ0v) is 6.93. The molecule has 0 heterocycles. The maximum absolute atomic E-state index is 5.31. The van der Waals surface area contributed by atoms with Gasteiger partial charge in [-0.25, -0.2) is 0 Å². The summed E-state index contributed by atoms with van der Waals surface area (Å²) in [7, 11) is 0. The van der Waals surface area contributed by atoms with E-state index in [0.717, 1.165) is 13.0 Å². The molecular weight excluding hydrogens is 128 g/mol. The Hall–Kier alpha value is -0.0800. The van der Waals surface area contributed by atoms with Crippen LogP contribution >= 0.6 is 0 Å². The zero-order chi connectivity index (χ0) is 7.82. The van der Waals surface area contributed by atoms with Crippen molar-refractivity contribution in [2.75, 3.05) is 19.8 Å². The highest BCUT2D eigenvalue weighted by molar-refractivity contribution is 4.50. The Morgan fingerprint density at radius 1 is 1.40 bits per heavy atom. The Kier molecular flexibility index (Phi) is 6.98. The molecule has 0 aromatic carbocycles. The first-order valence-corrected chi connectivity index (χ1v) is 3.79. The van der Waals surface area contributed by atoms with E-state index in [2.05, 4.69) is 6.92 Å². The van der Waals surface area contributed by atoms with Crippen molar-refractivity contribution in [3.63, 3.8) is 0 Å². The van der Waals surface area contributed by atoms with E-state index in [1.54, 1.807) is 0 Å². The van der Waals surface area contributed by atoms with Crippen molar-refractivity contribution in [1.29, 1.82) is 0 Å². The minimum Gasteiger partial charge on any atom is -0.379 e. The standard InChI is InChI=1S/C8H17O2/c1-4-8(3)10-7-6-9-5-2/h8H,1,4-7H2,2-3H3. The monoisotopic (exact) mass is 145 g/mol. The molecule has 0 aliphatic rings. The average Bonchev–Trinajstić information content (AvgIpc) is 1.98. The lowest BCUT2D eigenvalue weighted by atomic mass is 10.3. The fourth-order valence-electron chi connectivity index (χ4n) is 0.536. The maximum Gasteiger partial charge on any atom is 0.0704 e. The van der Waals surface area contributed by atoms with Gasteiger partial charge < -0.3 is 9.47 Å². The normalized spacial score (nSPS) is 13.5. The summed E-state index contributed by atoms with van der Waals surface area (Å²) in [5.41, 5.74) is 0. The molecule has 0 aromatic heterocycles. The van der Waals surface area contributed by atoms with Crippen molar-refractivity contribution >= 4 is 0 Å². The van der Waals surface area contributed by atoms with Crippen LogP contribution in [0.5, 0.6) is 0 Å². The van der Waals surface area contributed by atoms with Gasteiger partial charge in [-0.1, -0.05) is 6.92 Å². The molecule has 2 nitrogen and oxygen atoms in total. The van der Waals surface area contributed by atoms with Gasteiger partial charge in [-0.15, -0.1) is 0 Å². The van der Waals surface area contributed by atoms with Crippen LogP contribution in [-0.4, -0.2) is 25.9 Å². The topological polar surface area (TPSA) is 18.5 Å². The summed E-state index contributed by atoms with van der Waals surface area (Å²) in [5.74, 6) is 0. The second-order valence-corrected chi connectivity index (χ2v) is 2.17. The van der Waals surface area contributed by atoms with Crippen LogP contribution < -0.4 is 0 Å². The molecule has 0 saturated heterocycles. The number of rotatable bonds is 6. The SMILES string of the molecule is [CH2]CC(C)OCCOCC. The van der Waals surface area contributed by atoms with Gasteiger partial charge in [-0.3, -0.25) is 0 Å². The summed E-state index contributed by atoms with van der Waals surface area (Å²) in [4.78, 5) is 0. The van der Waals surface area contributed by atoms with Crippen LogP contribution in [0.25, 0.3) is 0 Å². The average molecular weight is 145 g/mol. The van der Waals surface area contributed by atoms with Crippen LogP contribution in [0.15, 0.2) is 0 Å². The van der Waals surface area contributed by atoms with Crippen LogP contribution in [0.1, 0.15) is 20.3 Å². The van der Waals surface area contributed by atoms with Crippen molar-refractivity contribution in [1.82, 2.24) is 0 Å². The van der Waals surface area contributed by atoms with Gasteiger partial charge in [0, 0.05) is 6.61 Å². The van der Waals surface area contributed by atoms with E-state index < -0.39 is 0 Å². The second-order valence-electron chi connectivity index (χ2n) is 2.17. The van der Waals surface area contributed by atoms with Gasteiger partial charge in [0.2, 0.25) is 0 Å². The third kappa shape index (κ3) is 6.05. The summed E-state index contributed by atoms with van der Waals surface area (Å²) in [6.45, 7) is 9.85. The van der Waals surface area contributed by atoms with Gasteiger partial charge in [0.25, 0.3) is 0 Å². The summed E-state index contributed by atoms with van der Waals surface area (Å²) < 4.78 is 10.4. The Labute approximate surface area is 63.5 Å². The van der Waals surface area contributed by atoms with Gasteiger partial charge in [0.05, 0.1) is 19.3 Å². The molecule has 1 atom stereocenters. The smallest absolute Gasteiger partial charge is 0.0704 e. The third-order valence-corrected chi connectivity index (χ3v) is 1.24. The fraction of sp³-hybridized carbons (Fsp3) is 0.875. The molecule has 0 amide bonds. The third-order valence-electron chi connectivity index (χ3n) is 1.24. The summed E-state index contributed by atoms with van der Waals surface area (Å²) in [5, 5.41) is 0. The molecule has 0 aliphatic heterocycles. The second kappa shape index (κ2) is 7.03. The first kappa shape index (κ1) is 9.92. The van der Waals surface area contributed by atoms with Gasteiger partial charge in [-0.2, -0.15) is 0 Å². The van der Waals surface area contributed by atoms with Crippen molar-refractivity contribution < 1.29 is 9.47 Å². The first-order valence-electron chi connectivity index (χ1n) is 3.79. The fourth-order valence-corrected chi connectivity index (χ4v) is 0.536. The van der Waals surface area contributed by atoms with Crippen molar-refractivity contribution in [2.45, 2.75) is 26.4 Å². The minimum atomic E-state index is 0.264. The first-order chi connectivity index (χ1) is 4.81. The predicted octanol–water partition coefficient (Wildman–Crippen LogP) is 1.65. The maximum atomic E-state index is 5.31. The van der Waals surface area contributed by atoms with Crippen molar-refractivity contribution in [2.24, 2.45) is 0 Å². The zero-order valence-electron chi connectivity index (χ0n) is 6.93. The van der Waals surface area contributed by atoms with E-state index in [1.165, 1.54) is 0 Å². The number of ether oxygens (including phenoxy) is 2. The van der Waals surface area contributed by atoms with Crippen LogP contribution in [0.3, 0.4) is 0 Å². The summed E-state index contributed by atoms with van der Waals surface area (Å²) in [6.07, 6.45) is 1.09.